The lowest BCUT2D eigenvalue weighted by Crippen LogP contribution is -2.49. The Morgan fingerprint density at radius 1 is 1.21 bits per heavy atom. The molecule has 1 aliphatic heterocycles. The van der Waals surface area contributed by atoms with Gasteiger partial charge < -0.3 is 19.8 Å². The number of aliphatic hydroxyl groups is 2. The van der Waals surface area contributed by atoms with Crippen molar-refractivity contribution in [3.63, 3.8) is 0 Å². The van der Waals surface area contributed by atoms with Gasteiger partial charge in [-0.25, -0.2) is 0 Å². The molecule has 2 N–H and O–H groups in total. The van der Waals surface area contributed by atoms with Crippen LogP contribution in [-0.4, -0.2) is 67.7 Å². The fourth-order valence-corrected chi connectivity index (χ4v) is 2.42. The zero-order valence-corrected chi connectivity index (χ0v) is 11.3. The van der Waals surface area contributed by atoms with Crippen molar-refractivity contribution < 1.29 is 14.9 Å². The number of benzene rings is 1. The Kier molecular flexibility index (Phi) is 5.01. The lowest BCUT2D eigenvalue weighted by Gasteiger charge is -2.37. The fraction of sp³-hybridized carbons (Fsp3) is 0.571. The third-order valence-electron chi connectivity index (χ3n) is 3.48. The molecule has 0 radical (unpaired) electrons. The highest BCUT2D eigenvalue weighted by Gasteiger charge is 2.20. The number of piperazine rings is 1. The smallest absolute Gasteiger partial charge is 0.142 e. The van der Waals surface area contributed by atoms with Crippen molar-refractivity contribution in [2.24, 2.45) is 0 Å². The van der Waals surface area contributed by atoms with E-state index in [0.717, 1.165) is 37.6 Å². The van der Waals surface area contributed by atoms with E-state index in [0.29, 0.717) is 6.54 Å². The molecule has 2 rings (SSSR count). The Hall–Kier alpha value is -1.30. The molecule has 1 aromatic carbocycles. The average molecular weight is 266 g/mol. The van der Waals surface area contributed by atoms with Crippen LogP contribution in [0.5, 0.6) is 5.75 Å². The van der Waals surface area contributed by atoms with Gasteiger partial charge in [0.1, 0.15) is 5.75 Å². The summed E-state index contributed by atoms with van der Waals surface area (Å²) in [6.07, 6.45) is -0.641. The first-order valence-electron chi connectivity index (χ1n) is 6.64. The summed E-state index contributed by atoms with van der Waals surface area (Å²) in [5, 5.41) is 18.3. The molecule has 0 saturated carbocycles. The molecule has 0 aromatic heterocycles. The summed E-state index contributed by atoms with van der Waals surface area (Å²) in [5.74, 6) is 0.895. The van der Waals surface area contributed by atoms with E-state index in [1.807, 2.05) is 18.2 Å². The predicted molar refractivity (Wildman–Crippen MR) is 74.7 cm³/mol. The van der Waals surface area contributed by atoms with Crippen molar-refractivity contribution in [1.82, 2.24) is 4.90 Å². The van der Waals surface area contributed by atoms with Gasteiger partial charge in [-0.15, -0.1) is 0 Å². The second-order valence-electron chi connectivity index (χ2n) is 4.80. The first kappa shape index (κ1) is 14.1. The van der Waals surface area contributed by atoms with Gasteiger partial charge in [-0.1, -0.05) is 12.1 Å². The lowest BCUT2D eigenvalue weighted by atomic mass is 10.2. The minimum absolute atomic E-state index is 0.174. The van der Waals surface area contributed by atoms with Crippen molar-refractivity contribution in [3.8, 4) is 5.75 Å². The summed E-state index contributed by atoms with van der Waals surface area (Å²) < 4.78 is 5.38. The summed E-state index contributed by atoms with van der Waals surface area (Å²) in [4.78, 5) is 4.47. The summed E-state index contributed by atoms with van der Waals surface area (Å²) in [5.41, 5.74) is 1.12. The minimum Gasteiger partial charge on any atom is -0.495 e. The summed E-state index contributed by atoms with van der Waals surface area (Å²) in [7, 11) is 1.69. The van der Waals surface area contributed by atoms with Gasteiger partial charge in [-0.05, 0) is 12.1 Å². The zero-order valence-electron chi connectivity index (χ0n) is 11.3. The fourth-order valence-electron chi connectivity index (χ4n) is 2.42. The van der Waals surface area contributed by atoms with Gasteiger partial charge in [-0.2, -0.15) is 0 Å². The lowest BCUT2D eigenvalue weighted by molar-refractivity contribution is 0.0574. The Balaban J connectivity index is 1.92. The molecule has 5 heteroatoms. The maximum absolute atomic E-state index is 9.45. The molecule has 5 nitrogen and oxygen atoms in total. The Labute approximate surface area is 114 Å². The van der Waals surface area contributed by atoms with Crippen LogP contribution in [0.25, 0.3) is 0 Å². The molecular formula is C14H22N2O3. The predicted octanol–water partition coefficient (Wildman–Crippen LogP) is 0.170. The van der Waals surface area contributed by atoms with Crippen LogP contribution in [0.4, 0.5) is 5.69 Å². The molecule has 0 amide bonds. The van der Waals surface area contributed by atoms with Gasteiger partial charge in [0.05, 0.1) is 25.5 Å². The molecule has 0 aliphatic carbocycles. The molecule has 1 atom stereocenters. The second-order valence-corrected chi connectivity index (χ2v) is 4.80. The zero-order chi connectivity index (χ0) is 13.7. The number of hydrogen-bond acceptors (Lipinski definition) is 5. The van der Waals surface area contributed by atoms with Gasteiger partial charge in [0.25, 0.3) is 0 Å². The van der Waals surface area contributed by atoms with E-state index in [1.165, 1.54) is 0 Å². The maximum atomic E-state index is 9.45. The van der Waals surface area contributed by atoms with Crippen LogP contribution < -0.4 is 9.64 Å². The molecule has 19 heavy (non-hydrogen) atoms. The van der Waals surface area contributed by atoms with Crippen LogP contribution in [0.15, 0.2) is 24.3 Å². The maximum Gasteiger partial charge on any atom is 0.142 e. The summed E-state index contributed by atoms with van der Waals surface area (Å²) in [6, 6.07) is 8.02. The summed E-state index contributed by atoms with van der Waals surface area (Å²) in [6.45, 7) is 3.93. The molecule has 1 saturated heterocycles. The number of ether oxygens (including phenoxy) is 1. The van der Waals surface area contributed by atoms with Gasteiger partial charge in [0.2, 0.25) is 0 Å². The van der Waals surface area contributed by atoms with E-state index in [4.69, 9.17) is 9.84 Å². The van der Waals surface area contributed by atoms with Gasteiger partial charge in [0, 0.05) is 32.7 Å². The van der Waals surface area contributed by atoms with Gasteiger partial charge in [-0.3, -0.25) is 4.90 Å². The normalized spacial score (nSPS) is 18.4. The van der Waals surface area contributed by atoms with Crippen molar-refractivity contribution in [2.75, 3.05) is 51.3 Å². The number of hydrogen-bond donors (Lipinski definition) is 2. The van der Waals surface area contributed by atoms with E-state index in [9.17, 15) is 5.11 Å². The van der Waals surface area contributed by atoms with Crippen LogP contribution in [-0.2, 0) is 0 Å². The SMILES string of the molecule is COc1ccccc1N1CCN(C[C@@H](O)CO)CC1. The topological polar surface area (TPSA) is 56.2 Å². The third kappa shape index (κ3) is 3.59. The van der Waals surface area contributed by atoms with Gasteiger partial charge >= 0.3 is 0 Å². The number of anilines is 1. The molecule has 1 aliphatic rings. The monoisotopic (exact) mass is 266 g/mol. The van der Waals surface area contributed by atoms with E-state index >= 15 is 0 Å². The number of β-amino-alcohol motifs (C(OH)–C–C–N with tert-alkyl or cyclic N) is 1. The summed E-state index contributed by atoms with van der Waals surface area (Å²) >= 11 is 0. The molecule has 1 fully saturated rings. The van der Waals surface area contributed by atoms with Crippen LogP contribution >= 0.6 is 0 Å². The van der Waals surface area contributed by atoms with E-state index in [-0.39, 0.29) is 6.61 Å². The molecule has 106 valence electrons. The van der Waals surface area contributed by atoms with Crippen molar-refractivity contribution in [1.29, 1.82) is 0 Å². The highest BCUT2D eigenvalue weighted by molar-refractivity contribution is 5.58. The quantitative estimate of drug-likeness (QED) is 0.796. The highest BCUT2D eigenvalue weighted by Crippen LogP contribution is 2.28. The molecule has 0 unspecified atom stereocenters. The Bertz CT molecular complexity index is 392. The number of para-hydroxylation sites is 2. The standard InChI is InChI=1S/C14H22N2O3/c1-19-14-5-3-2-4-13(14)16-8-6-15(7-9-16)10-12(18)11-17/h2-5,12,17-18H,6-11H2,1H3/t12-/m1/s1. The van der Waals surface area contributed by atoms with E-state index in [1.54, 1.807) is 7.11 Å². The van der Waals surface area contributed by atoms with Gasteiger partial charge in [0.15, 0.2) is 0 Å². The number of nitrogens with zero attached hydrogens (tertiary/aromatic N) is 2. The highest BCUT2D eigenvalue weighted by atomic mass is 16.5. The molecule has 1 aromatic rings. The molecule has 0 spiro atoms. The number of aliphatic hydroxyl groups excluding tert-OH is 2. The Morgan fingerprint density at radius 2 is 1.89 bits per heavy atom. The van der Waals surface area contributed by atoms with E-state index < -0.39 is 6.10 Å². The number of methoxy groups -OCH3 is 1. The first-order valence-corrected chi connectivity index (χ1v) is 6.64. The van der Waals surface area contributed by atoms with Crippen molar-refractivity contribution in [2.45, 2.75) is 6.10 Å². The van der Waals surface area contributed by atoms with Crippen LogP contribution in [0, 0.1) is 0 Å². The second kappa shape index (κ2) is 6.75. The molecular weight excluding hydrogens is 244 g/mol. The largest absolute Gasteiger partial charge is 0.495 e. The van der Waals surface area contributed by atoms with E-state index in [2.05, 4.69) is 15.9 Å². The van der Waals surface area contributed by atoms with Crippen molar-refractivity contribution in [3.05, 3.63) is 24.3 Å². The third-order valence-corrected chi connectivity index (χ3v) is 3.48. The van der Waals surface area contributed by atoms with Crippen LogP contribution in [0.3, 0.4) is 0 Å². The Morgan fingerprint density at radius 3 is 2.53 bits per heavy atom. The molecule has 0 bridgehead atoms. The number of rotatable bonds is 5. The minimum atomic E-state index is -0.641. The van der Waals surface area contributed by atoms with Crippen LogP contribution in [0.2, 0.25) is 0 Å². The average Bonchev–Trinajstić information content (AvgIpc) is 2.48. The van der Waals surface area contributed by atoms with Crippen molar-refractivity contribution >= 4 is 5.69 Å². The molecule has 1 heterocycles. The first-order chi connectivity index (χ1) is 9.24. The van der Waals surface area contributed by atoms with Crippen LogP contribution in [0.1, 0.15) is 0 Å².